The number of alkyl halides is 1. The van der Waals surface area contributed by atoms with E-state index in [9.17, 15) is 14.5 Å². The highest BCUT2D eigenvalue weighted by Gasteiger charge is 2.54. The predicted molar refractivity (Wildman–Crippen MR) is 143 cm³/mol. The van der Waals surface area contributed by atoms with E-state index >= 15 is 0 Å². The van der Waals surface area contributed by atoms with Gasteiger partial charge >= 0.3 is 13.7 Å². The number of halogens is 1. The lowest BCUT2D eigenvalue weighted by molar-refractivity contribution is -0.144. The van der Waals surface area contributed by atoms with Crippen molar-refractivity contribution in [2.75, 3.05) is 31.3 Å². The Morgan fingerprint density at radius 3 is 2.74 bits per heavy atom. The maximum Gasteiger partial charge on any atom is 0.459 e. The maximum atomic E-state index is 13.7. The van der Waals surface area contributed by atoms with Crippen LogP contribution in [0, 0.1) is 0 Å². The standard InChI is InChI=1S/C23H31ClN7O7P/c1-5-35-20(33)13(2)30-39(34,38-14-9-7-6-8-10-14)36-11-15-17(32)23(3,24)21(37-15)31-12-27-16-18(26-4)28-22(25)29-19(16)31/h6-10,12-13,15,17,21,32H,5,11H2,1-4H3,(H,30,34)(H3,25,26,28,29)/t13?,15-,17-,21-,23-,39-/m1/s1. The monoisotopic (exact) mass is 583 g/mol. The predicted octanol–water partition coefficient (Wildman–Crippen LogP) is 2.45. The Bertz CT molecular complexity index is 1360. The van der Waals surface area contributed by atoms with Gasteiger partial charge in [-0.15, -0.1) is 11.6 Å². The number of esters is 1. The second-order valence-corrected chi connectivity index (χ2v) is 11.4. The van der Waals surface area contributed by atoms with E-state index in [0.717, 1.165) is 0 Å². The first-order chi connectivity index (χ1) is 18.5. The quantitative estimate of drug-likeness (QED) is 0.147. The number of para-hydroxylation sites is 1. The molecular formula is C23H31ClN7O7P. The first-order valence-electron chi connectivity index (χ1n) is 12.1. The Morgan fingerprint density at radius 1 is 1.36 bits per heavy atom. The summed E-state index contributed by atoms with van der Waals surface area (Å²) in [5.74, 6) is 0.00778. The summed E-state index contributed by atoms with van der Waals surface area (Å²) in [6.45, 7) is 4.44. The van der Waals surface area contributed by atoms with Gasteiger partial charge < -0.3 is 30.2 Å². The third kappa shape index (κ3) is 6.11. The normalized spacial score (nSPS) is 25.2. The lowest BCUT2D eigenvalue weighted by Crippen LogP contribution is -2.40. The zero-order chi connectivity index (χ0) is 28.4. The van der Waals surface area contributed by atoms with Crippen molar-refractivity contribution in [3.05, 3.63) is 36.7 Å². The smallest absolute Gasteiger partial charge is 0.459 e. The second-order valence-electron chi connectivity index (χ2n) is 8.93. The van der Waals surface area contributed by atoms with E-state index in [1.165, 1.54) is 17.8 Å². The summed E-state index contributed by atoms with van der Waals surface area (Å²) in [7, 11) is -2.51. The Labute approximate surface area is 229 Å². The number of rotatable bonds is 11. The van der Waals surface area contributed by atoms with E-state index in [1.54, 1.807) is 51.2 Å². The molecule has 0 aliphatic carbocycles. The number of fused-ring (bicyclic) bond motifs is 1. The number of nitrogen functional groups attached to an aromatic ring is 1. The van der Waals surface area contributed by atoms with Crippen molar-refractivity contribution in [2.45, 2.75) is 50.1 Å². The van der Waals surface area contributed by atoms with Crippen molar-refractivity contribution in [1.29, 1.82) is 0 Å². The van der Waals surface area contributed by atoms with E-state index in [2.05, 4.69) is 25.4 Å². The summed E-state index contributed by atoms with van der Waals surface area (Å²) >= 11 is 6.78. The molecule has 4 rings (SSSR count). The van der Waals surface area contributed by atoms with Crippen LogP contribution < -0.4 is 20.7 Å². The molecule has 3 heterocycles. The molecule has 1 aliphatic heterocycles. The minimum Gasteiger partial charge on any atom is -0.465 e. The molecule has 6 atom stereocenters. The molecule has 1 aliphatic rings. The summed E-state index contributed by atoms with van der Waals surface area (Å²) in [4.78, 5) is 23.5. The van der Waals surface area contributed by atoms with Gasteiger partial charge in [0.05, 0.1) is 19.5 Å². The third-order valence-corrected chi connectivity index (χ3v) is 8.07. The number of aliphatic hydroxyl groups excluding tert-OH is 1. The molecule has 5 N–H and O–H groups in total. The summed E-state index contributed by atoms with van der Waals surface area (Å²) in [6, 6.07) is 7.27. The molecule has 2 aromatic heterocycles. The van der Waals surface area contributed by atoms with E-state index in [0.29, 0.717) is 17.0 Å². The van der Waals surface area contributed by atoms with Crippen molar-refractivity contribution in [2.24, 2.45) is 0 Å². The lowest BCUT2D eigenvalue weighted by atomic mass is 10.0. The van der Waals surface area contributed by atoms with Gasteiger partial charge in [0.1, 0.15) is 28.9 Å². The van der Waals surface area contributed by atoms with Gasteiger partial charge in [-0.2, -0.15) is 15.1 Å². The van der Waals surface area contributed by atoms with Gasteiger partial charge in [-0.3, -0.25) is 13.9 Å². The Hall–Kier alpha value is -3.00. The van der Waals surface area contributed by atoms with Crippen molar-refractivity contribution in [1.82, 2.24) is 24.6 Å². The van der Waals surface area contributed by atoms with Crippen molar-refractivity contribution in [3.63, 3.8) is 0 Å². The average molecular weight is 584 g/mol. The highest BCUT2D eigenvalue weighted by atomic mass is 35.5. The van der Waals surface area contributed by atoms with Crippen LogP contribution in [0.5, 0.6) is 5.75 Å². The number of imidazole rings is 1. The van der Waals surface area contributed by atoms with E-state index in [1.807, 2.05) is 0 Å². The second kappa shape index (κ2) is 11.6. The van der Waals surface area contributed by atoms with Gasteiger partial charge in [-0.1, -0.05) is 18.2 Å². The molecule has 0 saturated carbocycles. The highest BCUT2D eigenvalue weighted by molar-refractivity contribution is 7.52. The van der Waals surface area contributed by atoms with E-state index in [-0.39, 0.29) is 18.3 Å². The van der Waals surface area contributed by atoms with Gasteiger partial charge in [0.2, 0.25) is 5.95 Å². The van der Waals surface area contributed by atoms with Gasteiger partial charge in [0.25, 0.3) is 0 Å². The molecule has 0 amide bonds. The van der Waals surface area contributed by atoms with Crippen LogP contribution in [0.25, 0.3) is 11.2 Å². The largest absolute Gasteiger partial charge is 0.465 e. The fourth-order valence-electron chi connectivity index (χ4n) is 4.07. The summed E-state index contributed by atoms with van der Waals surface area (Å²) < 4.78 is 37.7. The first-order valence-corrected chi connectivity index (χ1v) is 14.0. The molecule has 1 saturated heterocycles. The molecule has 1 unspecified atom stereocenters. The topological polar surface area (TPSA) is 185 Å². The van der Waals surface area contributed by atoms with Crippen molar-refractivity contribution >= 4 is 48.2 Å². The van der Waals surface area contributed by atoms with Gasteiger partial charge in [0, 0.05) is 7.05 Å². The van der Waals surface area contributed by atoms with Gasteiger partial charge in [0.15, 0.2) is 23.2 Å². The van der Waals surface area contributed by atoms with Crippen LogP contribution in [0.2, 0.25) is 0 Å². The van der Waals surface area contributed by atoms with Crippen LogP contribution in [0.15, 0.2) is 36.7 Å². The number of carbonyl (C=O) groups is 1. The molecular weight excluding hydrogens is 553 g/mol. The maximum absolute atomic E-state index is 13.7. The van der Waals surface area contributed by atoms with Crippen LogP contribution in [0.3, 0.4) is 0 Å². The molecule has 212 valence electrons. The van der Waals surface area contributed by atoms with Gasteiger partial charge in [-0.25, -0.2) is 9.55 Å². The summed E-state index contributed by atoms with van der Waals surface area (Å²) in [6.07, 6.45) is -1.84. The van der Waals surface area contributed by atoms with Crippen LogP contribution in [0.1, 0.15) is 27.0 Å². The number of benzene rings is 1. The molecule has 16 heteroatoms. The number of nitrogens with two attached hydrogens (primary N) is 1. The molecule has 14 nitrogen and oxygen atoms in total. The summed E-state index contributed by atoms with van der Waals surface area (Å²) in [5.41, 5.74) is 6.62. The van der Waals surface area contributed by atoms with E-state index in [4.69, 9.17) is 35.9 Å². The SMILES string of the molecule is CCOC(=O)C(C)N[P@@](=O)(OC[C@H]1O[C@@H](n2cnc3c(NC)nc(N)nc32)[C@](C)(Cl)[C@@H]1O)Oc1ccccc1. The Kier molecular flexibility index (Phi) is 8.64. The number of aliphatic hydroxyl groups is 1. The Morgan fingerprint density at radius 2 is 2.08 bits per heavy atom. The molecule has 0 radical (unpaired) electrons. The number of anilines is 2. The van der Waals surface area contributed by atoms with Gasteiger partial charge in [-0.05, 0) is 32.9 Å². The molecule has 1 aromatic carbocycles. The average Bonchev–Trinajstić information content (AvgIpc) is 3.40. The lowest BCUT2D eigenvalue weighted by Gasteiger charge is -2.26. The number of carbonyl (C=O) groups excluding carboxylic acids is 1. The number of hydrogen-bond donors (Lipinski definition) is 4. The highest BCUT2D eigenvalue weighted by Crippen LogP contribution is 2.48. The minimum atomic E-state index is -4.18. The third-order valence-electron chi connectivity index (χ3n) is 6.01. The fraction of sp³-hybridized carbons (Fsp3) is 0.478. The van der Waals surface area contributed by atoms with Crippen LogP contribution in [-0.2, 0) is 23.4 Å². The number of nitrogens with one attached hydrogen (secondary N) is 2. The van der Waals surface area contributed by atoms with Crippen LogP contribution in [-0.4, -0.2) is 74.0 Å². The minimum absolute atomic E-state index is 0.00379. The zero-order valence-corrected chi connectivity index (χ0v) is 23.4. The first kappa shape index (κ1) is 29.0. The van der Waals surface area contributed by atoms with Crippen molar-refractivity contribution < 1.29 is 33.0 Å². The van der Waals surface area contributed by atoms with E-state index < -0.39 is 49.7 Å². The van der Waals surface area contributed by atoms with Crippen LogP contribution >= 0.6 is 19.3 Å². The molecule has 0 bridgehead atoms. The van der Waals surface area contributed by atoms with Crippen LogP contribution in [0.4, 0.5) is 11.8 Å². The Balaban J connectivity index is 1.57. The number of ether oxygens (including phenoxy) is 2. The molecule has 3 aromatic rings. The summed E-state index contributed by atoms with van der Waals surface area (Å²) in [5, 5.41) is 16.6. The molecule has 39 heavy (non-hydrogen) atoms. The number of nitrogens with zero attached hydrogens (tertiary/aromatic N) is 4. The molecule has 1 fully saturated rings. The molecule has 0 spiro atoms. The van der Waals surface area contributed by atoms with Crippen molar-refractivity contribution in [3.8, 4) is 5.75 Å². The number of aromatic nitrogens is 4. The number of hydrogen-bond acceptors (Lipinski definition) is 12. The fourth-order valence-corrected chi connectivity index (χ4v) is 5.87. The zero-order valence-electron chi connectivity index (χ0n) is 21.8.